The van der Waals surface area contributed by atoms with Crippen LogP contribution in [0.15, 0.2) is 61.3 Å². The SMILES string of the molecule is COCC(CCCc1c[nH]c2ccc(-n3cnnc3)cc12)(c1ccc(F)cc1)N1CCNCC1. The number of aromatic amines is 1. The zero-order valence-corrected chi connectivity index (χ0v) is 19.5. The van der Waals surface area contributed by atoms with E-state index in [0.29, 0.717) is 6.61 Å². The molecule has 1 fully saturated rings. The lowest BCUT2D eigenvalue weighted by Gasteiger charge is -2.46. The Morgan fingerprint density at radius 3 is 2.56 bits per heavy atom. The number of nitrogens with one attached hydrogen (secondary N) is 2. The van der Waals surface area contributed by atoms with Crippen molar-refractivity contribution in [3.05, 3.63) is 78.3 Å². The fraction of sp³-hybridized carbons (Fsp3) is 0.385. The average molecular weight is 463 g/mol. The van der Waals surface area contributed by atoms with Gasteiger partial charge in [-0.25, -0.2) is 4.39 Å². The second-order valence-electron chi connectivity index (χ2n) is 8.98. The molecule has 2 N–H and O–H groups in total. The highest BCUT2D eigenvalue weighted by Gasteiger charge is 2.38. The molecule has 0 amide bonds. The summed E-state index contributed by atoms with van der Waals surface area (Å²) in [5.74, 6) is -0.210. The van der Waals surface area contributed by atoms with E-state index in [1.165, 1.54) is 10.9 Å². The standard InChI is InChI=1S/C26H31FN6O/c1-34-17-26(33-13-11-28-12-14-33,21-4-6-22(27)7-5-21)10-2-3-20-16-29-25-9-8-23(15-24(20)25)32-18-30-31-19-32/h4-9,15-16,18-19,28-29H,2-3,10-14,17H2,1H3. The van der Waals surface area contributed by atoms with E-state index in [1.807, 2.05) is 16.7 Å². The fourth-order valence-corrected chi connectivity index (χ4v) is 5.26. The zero-order chi connectivity index (χ0) is 23.4. The molecule has 0 saturated carbocycles. The first-order valence-electron chi connectivity index (χ1n) is 11.9. The molecule has 7 nitrogen and oxygen atoms in total. The van der Waals surface area contributed by atoms with Crippen molar-refractivity contribution in [1.82, 2.24) is 30.0 Å². The number of aromatic nitrogens is 4. The Morgan fingerprint density at radius 1 is 1.06 bits per heavy atom. The average Bonchev–Trinajstić information content (AvgIpc) is 3.55. The normalized spacial score (nSPS) is 16.6. The van der Waals surface area contributed by atoms with Crippen LogP contribution in [0, 0.1) is 5.82 Å². The van der Waals surface area contributed by atoms with Gasteiger partial charge in [0.2, 0.25) is 0 Å². The largest absolute Gasteiger partial charge is 0.382 e. The maximum Gasteiger partial charge on any atom is 0.123 e. The van der Waals surface area contributed by atoms with Crippen molar-refractivity contribution < 1.29 is 9.13 Å². The van der Waals surface area contributed by atoms with Gasteiger partial charge in [-0.15, -0.1) is 10.2 Å². The van der Waals surface area contributed by atoms with Gasteiger partial charge in [-0.2, -0.15) is 0 Å². The molecule has 0 aliphatic carbocycles. The highest BCUT2D eigenvalue weighted by atomic mass is 19.1. The molecule has 1 aliphatic rings. The summed E-state index contributed by atoms with van der Waals surface area (Å²) in [6, 6.07) is 13.3. The third-order valence-corrected chi connectivity index (χ3v) is 6.99. The molecule has 1 aliphatic heterocycles. The lowest BCUT2D eigenvalue weighted by atomic mass is 9.82. The molecule has 34 heavy (non-hydrogen) atoms. The highest BCUT2D eigenvalue weighted by molar-refractivity contribution is 5.85. The van der Waals surface area contributed by atoms with Gasteiger partial charge in [0.05, 0.1) is 12.1 Å². The Bertz CT molecular complexity index is 1200. The van der Waals surface area contributed by atoms with Crippen molar-refractivity contribution in [1.29, 1.82) is 0 Å². The molecule has 2 aromatic carbocycles. The highest BCUT2D eigenvalue weighted by Crippen LogP contribution is 2.36. The monoisotopic (exact) mass is 462 g/mol. The molecule has 8 heteroatoms. The van der Waals surface area contributed by atoms with Crippen LogP contribution in [0.4, 0.5) is 4.39 Å². The summed E-state index contributed by atoms with van der Waals surface area (Å²) in [6.07, 6.45) is 8.37. The minimum absolute atomic E-state index is 0.210. The van der Waals surface area contributed by atoms with Gasteiger partial charge in [0.25, 0.3) is 0 Å². The smallest absolute Gasteiger partial charge is 0.123 e. The summed E-state index contributed by atoms with van der Waals surface area (Å²) in [4.78, 5) is 5.92. The number of benzene rings is 2. The molecule has 1 unspecified atom stereocenters. The summed E-state index contributed by atoms with van der Waals surface area (Å²) < 4.78 is 21.5. The van der Waals surface area contributed by atoms with E-state index in [1.54, 1.807) is 31.9 Å². The number of fused-ring (bicyclic) bond motifs is 1. The molecular weight excluding hydrogens is 431 g/mol. The Labute approximate surface area is 198 Å². The van der Waals surface area contributed by atoms with Crippen LogP contribution in [-0.4, -0.2) is 64.5 Å². The van der Waals surface area contributed by atoms with Gasteiger partial charge in [0.1, 0.15) is 18.5 Å². The maximum atomic E-state index is 13.8. The van der Waals surface area contributed by atoms with Crippen LogP contribution in [0.2, 0.25) is 0 Å². The van der Waals surface area contributed by atoms with E-state index >= 15 is 0 Å². The summed E-state index contributed by atoms with van der Waals surface area (Å²) >= 11 is 0. The van der Waals surface area contributed by atoms with Gasteiger partial charge in [0.15, 0.2) is 0 Å². The molecule has 5 rings (SSSR count). The third-order valence-electron chi connectivity index (χ3n) is 6.99. The predicted octanol–water partition coefficient (Wildman–Crippen LogP) is 3.66. The number of aryl methyl sites for hydroxylation is 1. The van der Waals surface area contributed by atoms with Crippen molar-refractivity contribution in [3.63, 3.8) is 0 Å². The first-order valence-corrected chi connectivity index (χ1v) is 11.9. The number of nitrogens with zero attached hydrogens (tertiary/aromatic N) is 4. The van der Waals surface area contributed by atoms with E-state index in [0.717, 1.165) is 62.2 Å². The van der Waals surface area contributed by atoms with Crippen molar-refractivity contribution in [2.24, 2.45) is 0 Å². The number of H-pyrrole nitrogens is 1. The van der Waals surface area contributed by atoms with Crippen LogP contribution >= 0.6 is 0 Å². The van der Waals surface area contributed by atoms with Crippen LogP contribution < -0.4 is 5.32 Å². The second kappa shape index (κ2) is 10.0. The number of methoxy groups -OCH3 is 1. The van der Waals surface area contributed by atoms with E-state index in [-0.39, 0.29) is 11.4 Å². The van der Waals surface area contributed by atoms with Crippen molar-refractivity contribution in [3.8, 4) is 5.69 Å². The maximum absolute atomic E-state index is 13.8. The van der Waals surface area contributed by atoms with E-state index in [4.69, 9.17) is 4.74 Å². The van der Waals surface area contributed by atoms with Gasteiger partial charge >= 0.3 is 0 Å². The molecule has 1 saturated heterocycles. The molecule has 0 radical (unpaired) electrons. The number of halogens is 1. The number of ether oxygens (including phenoxy) is 1. The van der Waals surface area contributed by atoms with Crippen LogP contribution in [0.25, 0.3) is 16.6 Å². The summed E-state index contributed by atoms with van der Waals surface area (Å²) in [5.41, 5.74) is 4.28. The first kappa shape index (κ1) is 22.7. The van der Waals surface area contributed by atoms with Gasteiger partial charge in [-0.05, 0) is 60.7 Å². The number of hydrogen-bond donors (Lipinski definition) is 2. The van der Waals surface area contributed by atoms with Crippen molar-refractivity contribution in [2.45, 2.75) is 24.8 Å². The van der Waals surface area contributed by atoms with E-state index < -0.39 is 0 Å². The molecular formula is C26H31FN6O. The Hall–Kier alpha value is -3.07. The minimum Gasteiger partial charge on any atom is -0.382 e. The van der Waals surface area contributed by atoms with Crippen molar-refractivity contribution >= 4 is 10.9 Å². The summed E-state index contributed by atoms with van der Waals surface area (Å²) in [6.45, 7) is 4.35. The lowest BCUT2D eigenvalue weighted by Crippen LogP contribution is -2.56. The molecule has 2 aromatic heterocycles. The molecule has 1 atom stereocenters. The summed E-state index contributed by atoms with van der Waals surface area (Å²) in [7, 11) is 1.76. The van der Waals surface area contributed by atoms with Crippen LogP contribution in [0.3, 0.4) is 0 Å². The number of rotatable bonds is 9. The minimum atomic E-state index is -0.287. The number of hydrogen-bond acceptors (Lipinski definition) is 5. The predicted molar refractivity (Wildman–Crippen MR) is 131 cm³/mol. The van der Waals surface area contributed by atoms with Crippen LogP contribution in [0.1, 0.15) is 24.0 Å². The van der Waals surface area contributed by atoms with E-state index in [9.17, 15) is 4.39 Å². The molecule has 0 spiro atoms. The second-order valence-corrected chi connectivity index (χ2v) is 8.98. The summed E-state index contributed by atoms with van der Waals surface area (Å²) in [5, 5.41) is 12.5. The number of piperazine rings is 1. The Kier molecular flexibility index (Phi) is 6.71. The zero-order valence-electron chi connectivity index (χ0n) is 19.5. The van der Waals surface area contributed by atoms with Gasteiger partial charge < -0.3 is 15.0 Å². The Morgan fingerprint density at radius 2 is 1.82 bits per heavy atom. The van der Waals surface area contributed by atoms with Gasteiger partial charge in [-0.3, -0.25) is 9.47 Å². The van der Waals surface area contributed by atoms with Crippen molar-refractivity contribution in [2.75, 3.05) is 39.9 Å². The molecule has 178 valence electrons. The van der Waals surface area contributed by atoms with Crippen LogP contribution in [0.5, 0.6) is 0 Å². The van der Waals surface area contributed by atoms with Gasteiger partial charge in [0, 0.05) is 56.1 Å². The third kappa shape index (κ3) is 4.49. The van der Waals surface area contributed by atoms with E-state index in [2.05, 4.69) is 49.8 Å². The fourth-order valence-electron chi connectivity index (χ4n) is 5.26. The molecule has 0 bridgehead atoms. The van der Waals surface area contributed by atoms with Gasteiger partial charge in [-0.1, -0.05) is 12.1 Å². The molecule has 3 heterocycles. The van der Waals surface area contributed by atoms with Crippen LogP contribution in [-0.2, 0) is 16.7 Å². The lowest BCUT2D eigenvalue weighted by molar-refractivity contribution is -0.00879. The molecule has 4 aromatic rings. The Balaban J connectivity index is 1.40. The quantitative estimate of drug-likeness (QED) is 0.397. The first-order chi connectivity index (χ1) is 16.7. The topological polar surface area (TPSA) is 71.0 Å².